The largest absolute Gasteiger partial charge is 0.494 e. The molecular weight excluding hydrogens is 348 g/mol. The van der Waals surface area contributed by atoms with Gasteiger partial charge in [0.1, 0.15) is 5.75 Å². The van der Waals surface area contributed by atoms with Gasteiger partial charge in [-0.15, -0.1) is 11.3 Å². The third-order valence-electron chi connectivity index (χ3n) is 3.59. The van der Waals surface area contributed by atoms with Crippen molar-refractivity contribution in [3.05, 3.63) is 76.5 Å². The topological polar surface area (TPSA) is 67.4 Å². The van der Waals surface area contributed by atoms with Gasteiger partial charge in [-0.25, -0.2) is 0 Å². The summed E-state index contributed by atoms with van der Waals surface area (Å²) in [7, 11) is 0. The number of anilines is 2. The first-order valence-corrected chi connectivity index (χ1v) is 9.03. The minimum Gasteiger partial charge on any atom is -0.494 e. The second-order valence-electron chi connectivity index (χ2n) is 5.39. The van der Waals surface area contributed by atoms with E-state index in [1.807, 2.05) is 18.4 Å². The lowest BCUT2D eigenvalue weighted by Crippen LogP contribution is -2.17. The van der Waals surface area contributed by atoms with E-state index in [4.69, 9.17) is 4.74 Å². The second-order valence-corrected chi connectivity index (χ2v) is 6.34. The molecule has 0 bridgehead atoms. The summed E-state index contributed by atoms with van der Waals surface area (Å²) in [6, 6.07) is 17.6. The molecule has 3 aromatic rings. The molecule has 0 unspecified atom stereocenters. The molecule has 0 radical (unpaired) electrons. The normalized spacial score (nSPS) is 10.2. The lowest BCUT2D eigenvalue weighted by molar-refractivity contribution is 0.102. The number of benzene rings is 2. The highest BCUT2D eigenvalue weighted by Crippen LogP contribution is 2.21. The molecule has 2 N–H and O–H groups in total. The molecule has 2 aromatic carbocycles. The van der Waals surface area contributed by atoms with E-state index in [2.05, 4.69) is 10.6 Å². The molecule has 0 saturated heterocycles. The Hall–Kier alpha value is -3.12. The highest BCUT2D eigenvalue weighted by atomic mass is 32.1. The molecule has 0 aliphatic rings. The number of ether oxygens (including phenoxy) is 1. The second kappa shape index (κ2) is 8.31. The maximum Gasteiger partial charge on any atom is 0.265 e. The number of carbonyl (C=O) groups excluding carboxylic acids is 2. The molecular formula is C20H18N2O3S. The van der Waals surface area contributed by atoms with Crippen molar-refractivity contribution in [1.29, 1.82) is 0 Å². The number of amides is 2. The molecule has 2 amide bonds. The smallest absolute Gasteiger partial charge is 0.265 e. The molecule has 0 aliphatic heterocycles. The van der Waals surface area contributed by atoms with Crippen LogP contribution in [0.25, 0.3) is 0 Å². The van der Waals surface area contributed by atoms with Crippen molar-refractivity contribution in [3.8, 4) is 5.75 Å². The zero-order valence-electron chi connectivity index (χ0n) is 14.2. The molecule has 1 aromatic heterocycles. The van der Waals surface area contributed by atoms with Gasteiger partial charge < -0.3 is 15.4 Å². The van der Waals surface area contributed by atoms with E-state index in [9.17, 15) is 9.59 Å². The van der Waals surface area contributed by atoms with Crippen molar-refractivity contribution in [2.75, 3.05) is 17.2 Å². The van der Waals surface area contributed by atoms with Crippen LogP contribution in [0.15, 0.2) is 66.0 Å². The van der Waals surface area contributed by atoms with Crippen LogP contribution in [0.2, 0.25) is 0 Å². The molecule has 6 heteroatoms. The number of para-hydroxylation sites is 1. The zero-order valence-corrected chi connectivity index (χ0v) is 15.0. The van der Waals surface area contributed by atoms with Crippen LogP contribution in [0.4, 0.5) is 11.4 Å². The Morgan fingerprint density at radius 2 is 1.69 bits per heavy atom. The molecule has 0 atom stereocenters. The Kier molecular flexibility index (Phi) is 5.66. The minimum absolute atomic E-state index is 0.235. The van der Waals surface area contributed by atoms with E-state index in [1.165, 1.54) is 11.3 Å². The third-order valence-corrected chi connectivity index (χ3v) is 4.46. The predicted molar refractivity (Wildman–Crippen MR) is 104 cm³/mol. The molecule has 132 valence electrons. The highest BCUT2D eigenvalue weighted by Gasteiger charge is 2.14. The van der Waals surface area contributed by atoms with Gasteiger partial charge in [0.2, 0.25) is 0 Å². The summed E-state index contributed by atoms with van der Waals surface area (Å²) in [5, 5.41) is 7.46. The van der Waals surface area contributed by atoms with E-state index in [1.54, 1.807) is 54.6 Å². The molecule has 5 nitrogen and oxygen atoms in total. The van der Waals surface area contributed by atoms with Gasteiger partial charge in [-0.1, -0.05) is 18.2 Å². The van der Waals surface area contributed by atoms with Gasteiger partial charge in [0.25, 0.3) is 11.8 Å². The summed E-state index contributed by atoms with van der Waals surface area (Å²) in [4.78, 5) is 25.5. The van der Waals surface area contributed by atoms with Crippen molar-refractivity contribution >= 4 is 34.5 Å². The van der Waals surface area contributed by atoms with Gasteiger partial charge in [0.15, 0.2) is 0 Å². The van der Waals surface area contributed by atoms with Crippen LogP contribution in [0.5, 0.6) is 5.75 Å². The lowest BCUT2D eigenvalue weighted by Gasteiger charge is -2.11. The van der Waals surface area contributed by atoms with Crippen LogP contribution in [0.1, 0.15) is 27.0 Å². The third kappa shape index (κ3) is 4.29. The first kappa shape index (κ1) is 17.7. The van der Waals surface area contributed by atoms with Gasteiger partial charge in [0, 0.05) is 5.69 Å². The first-order chi connectivity index (χ1) is 12.7. The molecule has 0 spiro atoms. The number of hydrogen-bond acceptors (Lipinski definition) is 4. The Labute approximate surface area is 155 Å². The summed E-state index contributed by atoms with van der Waals surface area (Å²) in [5.41, 5.74) is 1.51. The summed E-state index contributed by atoms with van der Waals surface area (Å²) < 4.78 is 5.39. The van der Waals surface area contributed by atoms with Crippen molar-refractivity contribution in [1.82, 2.24) is 0 Å². The first-order valence-electron chi connectivity index (χ1n) is 8.15. The van der Waals surface area contributed by atoms with Crippen LogP contribution >= 0.6 is 11.3 Å². The monoisotopic (exact) mass is 366 g/mol. The Balaban J connectivity index is 1.74. The van der Waals surface area contributed by atoms with Crippen molar-refractivity contribution in [2.45, 2.75) is 6.92 Å². The molecule has 3 rings (SSSR count). The van der Waals surface area contributed by atoms with Gasteiger partial charge in [-0.2, -0.15) is 0 Å². The van der Waals surface area contributed by atoms with Gasteiger partial charge in [-0.3, -0.25) is 9.59 Å². The fourth-order valence-electron chi connectivity index (χ4n) is 2.38. The van der Waals surface area contributed by atoms with E-state index < -0.39 is 0 Å². The quantitative estimate of drug-likeness (QED) is 0.667. The Morgan fingerprint density at radius 3 is 2.38 bits per heavy atom. The fourth-order valence-corrected chi connectivity index (χ4v) is 3.00. The van der Waals surface area contributed by atoms with Crippen molar-refractivity contribution < 1.29 is 14.3 Å². The lowest BCUT2D eigenvalue weighted by atomic mass is 10.1. The Morgan fingerprint density at radius 1 is 0.923 bits per heavy atom. The molecule has 26 heavy (non-hydrogen) atoms. The Bertz CT molecular complexity index is 890. The average Bonchev–Trinajstić information content (AvgIpc) is 3.19. The molecule has 0 aliphatic carbocycles. The molecule has 0 fully saturated rings. The minimum atomic E-state index is -0.295. The van der Waals surface area contributed by atoms with Crippen LogP contribution in [0, 0.1) is 0 Å². The standard InChI is InChI=1S/C20H18N2O3S/c1-2-25-15-11-9-14(10-12-15)21-19(23)16-6-3-4-7-17(16)22-20(24)18-8-5-13-26-18/h3-13H,2H2,1H3,(H,21,23)(H,22,24). The number of hydrogen-bond donors (Lipinski definition) is 2. The van der Waals surface area contributed by atoms with E-state index in [-0.39, 0.29) is 11.8 Å². The SMILES string of the molecule is CCOc1ccc(NC(=O)c2ccccc2NC(=O)c2cccs2)cc1. The summed E-state index contributed by atoms with van der Waals surface area (Å²) >= 11 is 1.35. The number of thiophene rings is 1. The average molecular weight is 366 g/mol. The number of nitrogens with one attached hydrogen (secondary N) is 2. The number of rotatable bonds is 6. The summed E-state index contributed by atoms with van der Waals surface area (Å²) in [6.45, 7) is 2.50. The predicted octanol–water partition coefficient (Wildman–Crippen LogP) is 4.65. The van der Waals surface area contributed by atoms with Crippen molar-refractivity contribution in [2.24, 2.45) is 0 Å². The van der Waals surface area contributed by atoms with E-state index in [0.717, 1.165) is 5.75 Å². The van der Waals surface area contributed by atoms with Gasteiger partial charge in [-0.05, 0) is 54.8 Å². The van der Waals surface area contributed by atoms with Gasteiger partial charge >= 0.3 is 0 Å². The van der Waals surface area contributed by atoms with Crippen molar-refractivity contribution in [3.63, 3.8) is 0 Å². The zero-order chi connectivity index (χ0) is 18.4. The van der Waals surface area contributed by atoms with E-state index >= 15 is 0 Å². The highest BCUT2D eigenvalue weighted by molar-refractivity contribution is 7.12. The maximum absolute atomic E-state index is 12.6. The van der Waals surface area contributed by atoms with Crippen LogP contribution in [0.3, 0.4) is 0 Å². The van der Waals surface area contributed by atoms with Crippen LogP contribution in [-0.2, 0) is 0 Å². The van der Waals surface area contributed by atoms with Crippen LogP contribution < -0.4 is 15.4 Å². The van der Waals surface area contributed by atoms with Crippen LogP contribution in [-0.4, -0.2) is 18.4 Å². The summed E-state index contributed by atoms with van der Waals surface area (Å²) in [5.74, 6) is 0.215. The summed E-state index contributed by atoms with van der Waals surface area (Å²) in [6.07, 6.45) is 0. The molecule has 1 heterocycles. The number of carbonyl (C=O) groups is 2. The fraction of sp³-hybridized carbons (Fsp3) is 0.100. The maximum atomic E-state index is 12.6. The molecule has 0 saturated carbocycles. The van der Waals surface area contributed by atoms with E-state index in [0.29, 0.717) is 28.4 Å². The van der Waals surface area contributed by atoms with Gasteiger partial charge in [0.05, 0.1) is 22.7 Å².